The van der Waals surface area contributed by atoms with Gasteiger partial charge in [0.1, 0.15) is 6.33 Å². The zero-order valence-corrected chi connectivity index (χ0v) is 14.8. The first-order chi connectivity index (χ1) is 12.6. The molecule has 0 amide bonds. The molecule has 6 nitrogen and oxygen atoms in total. The highest BCUT2D eigenvalue weighted by atomic mass is 16.3. The highest BCUT2D eigenvalue weighted by molar-refractivity contribution is 5.95. The Hall–Kier alpha value is -3.41. The van der Waals surface area contributed by atoms with Crippen molar-refractivity contribution < 1.29 is 4.42 Å². The van der Waals surface area contributed by atoms with Gasteiger partial charge in [0.05, 0.1) is 11.6 Å². The van der Waals surface area contributed by atoms with Gasteiger partial charge in [0.25, 0.3) is 0 Å². The lowest BCUT2D eigenvalue weighted by Crippen LogP contribution is -1.99. The van der Waals surface area contributed by atoms with Gasteiger partial charge in [-0.2, -0.15) is 0 Å². The van der Waals surface area contributed by atoms with Crippen LogP contribution in [0.5, 0.6) is 0 Å². The van der Waals surface area contributed by atoms with Gasteiger partial charge in [0.15, 0.2) is 17.1 Å². The SMILES string of the molecule is Cc1cccc(-n2c(C)c(C)c3c2ncn2nc(-c4ccco4)nc32)c1. The first kappa shape index (κ1) is 14.9. The van der Waals surface area contributed by atoms with Gasteiger partial charge in [0.2, 0.25) is 5.82 Å². The number of benzene rings is 1. The molecule has 0 N–H and O–H groups in total. The fourth-order valence-electron chi connectivity index (χ4n) is 3.45. The van der Waals surface area contributed by atoms with E-state index in [1.54, 1.807) is 17.1 Å². The molecule has 0 atom stereocenters. The van der Waals surface area contributed by atoms with Crippen LogP contribution in [0.1, 0.15) is 16.8 Å². The molecule has 0 aliphatic rings. The number of rotatable bonds is 2. The summed E-state index contributed by atoms with van der Waals surface area (Å²) in [5.74, 6) is 1.21. The van der Waals surface area contributed by atoms with Crippen LogP contribution in [0.4, 0.5) is 0 Å². The van der Waals surface area contributed by atoms with E-state index in [2.05, 4.69) is 59.7 Å². The molecule has 0 saturated heterocycles. The summed E-state index contributed by atoms with van der Waals surface area (Å²) in [6, 6.07) is 12.1. The summed E-state index contributed by atoms with van der Waals surface area (Å²) in [4.78, 5) is 9.40. The Balaban J connectivity index is 1.84. The van der Waals surface area contributed by atoms with Gasteiger partial charge in [-0.05, 0) is 56.2 Å². The van der Waals surface area contributed by atoms with Crippen molar-refractivity contribution in [2.75, 3.05) is 0 Å². The summed E-state index contributed by atoms with van der Waals surface area (Å²) in [5.41, 5.74) is 6.28. The van der Waals surface area contributed by atoms with Gasteiger partial charge < -0.3 is 4.42 Å². The van der Waals surface area contributed by atoms with E-state index >= 15 is 0 Å². The van der Waals surface area contributed by atoms with Crippen LogP contribution in [0.2, 0.25) is 0 Å². The summed E-state index contributed by atoms with van der Waals surface area (Å²) < 4.78 is 9.33. The maximum atomic E-state index is 5.44. The third-order valence-electron chi connectivity index (χ3n) is 4.83. The highest BCUT2D eigenvalue weighted by Crippen LogP contribution is 2.30. The van der Waals surface area contributed by atoms with Gasteiger partial charge in [-0.25, -0.2) is 14.5 Å². The van der Waals surface area contributed by atoms with Crippen molar-refractivity contribution in [3.8, 4) is 17.3 Å². The Morgan fingerprint density at radius 1 is 1.00 bits per heavy atom. The molecule has 26 heavy (non-hydrogen) atoms. The smallest absolute Gasteiger partial charge is 0.217 e. The molecule has 0 aliphatic carbocycles. The Bertz CT molecular complexity index is 1260. The van der Waals surface area contributed by atoms with Gasteiger partial charge in [-0.15, -0.1) is 5.10 Å². The van der Waals surface area contributed by atoms with Crippen LogP contribution < -0.4 is 0 Å². The van der Waals surface area contributed by atoms with E-state index in [0.29, 0.717) is 11.6 Å². The van der Waals surface area contributed by atoms with E-state index in [1.165, 1.54) is 5.56 Å². The molecule has 0 fully saturated rings. The summed E-state index contributed by atoms with van der Waals surface area (Å²) >= 11 is 0. The molecule has 0 unspecified atom stereocenters. The number of hydrogen-bond donors (Lipinski definition) is 0. The fourth-order valence-corrected chi connectivity index (χ4v) is 3.45. The topological polar surface area (TPSA) is 61.2 Å². The van der Waals surface area contributed by atoms with Crippen molar-refractivity contribution in [1.82, 2.24) is 24.1 Å². The summed E-state index contributed by atoms with van der Waals surface area (Å²) in [6.45, 7) is 6.31. The lowest BCUT2D eigenvalue weighted by molar-refractivity contribution is 0.577. The Morgan fingerprint density at radius 2 is 1.88 bits per heavy atom. The van der Waals surface area contributed by atoms with Crippen LogP contribution in [0.25, 0.3) is 34.0 Å². The van der Waals surface area contributed by atoms with Gasteiger partial charge >= 0.3 is 0 Å². The van der Waals surface area contributed by atoms with Crippen LogP contribution in [-0.4, -0.2) is 24.1 Å². The lowest BCUT2D eigenvalue weighted by atomic mass is 10.2. The van der Waals surface area contributed by atoms with Gasteiger partial charge in [-0.3, -0.25) is 4.57 Å². The van der Waals surface area contributed by atoms with Gasteiger partial charge in [0, 0.05) is 11.4 Å². The predicted molar refractivity (Wildman–Crippen MR) is 99.5 cm³/mol. The van der Waals surface area contributed by atoms with Crippen molar-refractivity contribution in [2.45, 2.75) is 20.8 Å². The van der Waals surface area contributed by atoms with Crippen LogP contribution in [-0.2, 0) is 0 Å². The largest absolute Gasteiger partial charge is 0.461 e. The quantitative estimate of drug-likeness (QED) is 0.481. The molecule has 4 heterocycles. The van der Waals surface area contributed by atoms with Crippen LogP contribution in [0.15, 0.2) is 53.4 Å². The number of aromatic nitrogens is 5. The van der Waals surface area contributed by atoms with E-state index in [4.69, 9.17) is 9.40 Å². The number of furan rings is 1. The zero-order valence-electron chi connectivity index (χ0n) is 14.8. The van der Waals surface area contributed by atoms with E-state index in [-0.39, 0.29) is 0 Å². The molecule has 0 bridgehead atoms. The number of nitrogens with zero attached hydrogens (tertiary/aromatic N) is 5. The molecule has 5 rings (SSSR count). The maximum absolute atomic E-state index is 5.44. The van der Waals surface area contributed by atoms with Crippen molar-refractivity contribution in [3.05, 3.63) is 65.8 Å². The molecular formula is C20H17N5O. The molecule has 128 valence electrons. The third-order valence-corrected chi connectivity index (χ3v) is 4.83. The molecule has 4 aromatic heterocycles. The van der Waals surface area contributed by atoms with Crippen LogP contribution in [0.3, 0.4) is 0 Å². The minimum absolute atomic E-state index is 0.560. The van der Waals surface area contributed by atoms with Crippen molar-refractivity contribution in [1.29, 1.82) is 0 Å². The minimum atomic E-state index is 0.560. The molecular weight excluding hydrogens is 326 g/mol. The molecule has 5 aromatic rings. The first-order valence-corrected chi connectivity index (χ1v) is 8.47. The molecule has 0 radical (unpaired) electrons. The van der Waals surface area contributed by atoms with E-state index in [0.717, 1.165) is 33.6 Å². The third kappa shape index (κ3) is 2.02. The number of aryl methyl sites for hydroxylation is 2. The molecule has 0 saturated carbocycles. The Kier molecular flexibility index (Phi) is 3.03. The second-order valence-corrected chi connectivity index (χ2v) is 6.51. The van der Waals surface area contributed by atoms with E-state index < -0.39 is 0 Å². The predicted octanol–water partition coefficient (Wildman–Crippen LogP) is 4.25. The molecule has 6 heteroatoms. The first-order valence-electron chi connectivity index (χ1n) is 8.47. The van der Waals surface area contributed by atoms with Crippen molar-refractivity contribution in [2.24, 2.45) is 0 Å². The van der Waals surface area contributed by atoms with Crippen molar-refractivity contribution >= 4 is 16.7 Å². The fraction of sp³-hybridized carbons (Fsp3) is 0.150. The Morgan fingerprint density at radius 3 is 2.65 bits per heavy atom. The van der Waals surface area contributed by atoms with E-state index in [1.807, 2.05) is 12.1 Å². The second-order valence-electron chi connectivity index (χ2n) is 6.51. The van der Waals surface area contributed by atoms with Gasteiger partial charge in [-0.1, -0.05) is 12.1 Å². The standard InChI is InChI=1S/C20H17N5O/c1-12-6-4-7-15(10-12)25-14(3)13(2)17-19(25)21-11-24-20(17)22-18(23-24)16-8-5-9-26-16/h4-11H,1-3H3. The van der Waals surface area contributed by atoms with Crippen LogP contribution in [0, 0.1) is 20.8 Å². The molecule has 0 spiro atoms. The summed E-state index contributed by atoms with van der Waals surface area (Å²) in [6.07, 6.45) is 3.33. The second kappa shape index (κ2) is 5.29. The van der Waals surface area contributed by atoms with E-state index in [9.17, 15) is 0 Å². The molecule has 1 aromatic carbocycles. The van der Waals surface area contributed by atoms with Crippen molar-refractivity contribution in [3.63, 3.8) is 0 Å². The normalized spacial score (nSPS) is 11.7. The molecule has 0 aliphatic heterocycles. The number of fused-ring (bicyclic) bond motifs is 3. The average molecular weight is 343 g/mol. The van der Waals surface area contributed by atoms with Crippen LogP contribution >= 0.6 is 0 Å². The summed E-state index contributed by atoms with van der Waals surface area (Å²) in [5, 5.41) is 5.52. The number of hydrogen-bond acceptors (Lipinski definition) is 4. The highest BCUT2D eigenvalue weighted by Gasteiger charge is 2.19. The minimum Gasteiger partial charge on any atom is -0.461 e. The zero-order chi connectivity index (χ0) is 17.8. The summed E-state index contributed by atoms with van der Waals surface area (Å²) in [7, 11) is 0. The maximum Gasteiger partial charge on any atom is 0.217 e. The average Bonchev–Trinajstić information content (AvgIpc) is 3.34. The Labute approximate surface area is 149 Å². The monoisotopic (exact) mass is 343 g/mol. The lowest BCUT2D eigenvalue weighted by Gasteiger charge is -2.08.